The van der Waals surface area contributed by atoms with Crippen molar-refractivity contribution >= 4 is 5.97 Å². The Bertz CT molecular complexity index is 444. The van der Waals surface area contributed by atoms with Crippen molar-refractivity contribution < 1.29 is 31.5 Å². The Morgan fingerprint density at radius 3 is 2.50 bits per heavy atom. The minimum absolute atomic E-state index is 0.288. The van der Waals surface area contributed by atoms with Gasteiger partial charge in [0.2, 0.25) is 0 Å². The summed E-state index contributed by atoms with van der Waals surface area (Å²) in [6.07, 6.45) is -8.11. The van der Waals surface area contributed by atoms with Crippen LogP contribution in [-0.2, 0) is 22.1 Å². The molecule has 0 aliphatic carbocycles. The molecular formula is C10H8F5NO2. The van der Waals surface area contributed by atoms with Gasteiger partial charge in [0, 0.05) is 11.8 Å². The summed E-state index contributed by atoms with van der Waals surface area (Å²) in [6.45, 7) is 0. The quantitative estimate of drug-likeness (QED) is 0.625. The van der Waals surface area contributed by atoms with Gasteiger partial charge in [-0.2, -0.15) is 13.2 Å². The highest BCUT2D eigenvalue weighted by Crippen LogP contribution is 2.32. The smallest absolute Gasteiger partial charge is 0.417 e. The average Bonchev–Trinajstić information content (AvgIpc) is 2.27. The highest BCUT2D eigenvalue weighted by atomic mass is 19.4. The first kappa shape index (κ1) is 14.3. The summed E-state index contributed by atoms with van der Waals surface area (Å²) in [4.78, 5) is 14.2. The lowest BCUT2D eigenvalue weighted by Crippen LogP contribution is -2.12. The van der Waals surface area contributed by atoms with Crippen molar-refractivity contribution in [1.29, 1.82) is 0 Å². The molecule has 0 aromatic carbocycles. The van der Waals surface area contributed by atoms with Crippen LogP contribution in [0.5, 0.6) is 0 Å². The minimum atomic E-state index is -4.76. The summed E-state index contributed by atoms with van der Waals surface area (Å²) in [6, 6.07) is 0.288. The van der Waals surface area contributed by atoms with Crippen molar-refractivity contribution in [3.63, 3.8) is 0 Å². The summed E-state index contributed by atoms with van der Waals surface area (Å²) in [5, 5.41) is 0. The molecule has 0 fully saturated rings. The van der Waals surface area contributed by atoms with E-state index in [0.29, 0.717) is 6.20 Å². The fourth-order valence-electron chi connectivity index (χ4n) is 1.21. The number of methoxy groups -OCH3 is 1. The Hall–Kier alpha value is -1.73. The summed E-state index contributed by atoms with van der Waals surface area (Å²) in [5.41, 5.74) is -2.63. The SMILES string of the molecule is COC(=O)Cc1ncc(C(F)(F)F)cc1C(F)F. The molecule has 0 amide bonds. The molecule has 1 rings (SSSR count). The van der Waals surface area contributed by atoms with Crippen LogP contribution in [0.3, 0.4) is 0 Å². The van der Waals surface area contributed by atoms with Crippen LogP contribution < -0.4 is 0 Å². The highest BCUT2D eigenvalue weighted by molar-refractivity contribution is 5.72. The van der Waals surface area contributed by atoms with Gasteiger partial charge in [-0.15, -0.1) is 0 Å². The number of pyridine rings is 1. The monoisotopic (exact) mass is 269 g/mol. The van der Waals surface area contributed by atoms with Crippen LogP contribution in [0.4, 0.5) is 22.0 Å². The van der Waals surface area contributed by atoms with Crippen molar-refractivity contribution in [1.82, 2.24) is 4.98 Å². The number of carbonyl (C=O) groups excluding carboxylic acids is 1. The largest absolute Gasteiger partial charge is 0.469 e. The van der Waals surface area contributed by atoms with E-state index in [0.717, 1.165) is 7.11 Å². The number of alkyl halides is 5. The van der Waals surface area contributed by atoms with Gasteiger partial charge in [0.1, 0.15) is 0 Å². The number of halogens is 5. The normalized spacial score (nSPS) is 11.7. The van der Waals surface area contributed by atoms with Crippen molar-refractivity contribution in [2.75, 3.05) is 7.11 Å². The maximum atomic E-state index is 12.6. The Balaban J connectivity index is 3.17. The Morgan fingerprint density at radius 1 is 1.44 bits per heavy atom. The first-order chi connectivity index (χ1) is 8.25. The van der Waals surface area contributed by atoms with Crippen LogP contribution >= 0.6 is 0 Å². The van der Waals surface area contributed by atoms with Gasteiger partial charge in [-0.05, 0) is 6.07 Å². The molecule has 0 N–H and O–H groups in total. The molecule has 0 atom stereocenters. The number of hydrogen-bond donors (Lipinski definition) is 0. The molecule has 1 aromatic rings. The molecule has 0 spiro atoms. The van der Waals surface area contributed by atoms with Gasteiger partial charge in [-0.3, -0.25) is 9.78 Å². The Labute approximate surface area is 98.6 Å². The van der Waals surface area contributed by atoms with Crippen molar-refractivity contribution in [2.45, 2.75) is 19.0 Å². The zero-order valence-corrected chi connectivity index (χ0v) is 9.09. The number of nitrogens with zero attached hydrogens (tertiary/aromatic N) is 1. The number of hydrogen-bond acceptors (Lipinski definition) is 3. The molecule has 0 aliphatic rings. The Kier molecular flexibility index (Phi) is 4.20. The van der Waals surface area contributed by atoms with Gasteiger partial charge in [-0.25, -0.2) is 8.78 Å². The third kappa shape index (κ3) is 3.38. The highest BCUT2D eigenvalue weighted by Gasteiger charge is 2.33. The van der Waals surface area contributed by atoms with Gasteiger partial charge >= 0.3 is 12.1 Å². The van der Waals surface area contributed by atoms with E-state index < -0.39 is 41.8 Å². The first-order valence-electron chi connectivity index (χ1n) is 4.66. The number of aromatic nitrogens is 1. The topological polar surface area (TPSA) is 39.2 Å². The number of ether oxygens (including phenoxy) is 1. The van der Waals surface area contributed by atoms with Gasteiger partial charge in [0.05, 0.1) is 24.8 Å². The molecule has 1 heterocycles. The van der Waals surface area contributed by atoms with Crippen LogP contribution in [0.2, 0.25) is 0 Å². The van der Waals surface area contributed by atoms with Gasteiger partial charge in [0.15, 0.2) is 0 Å². The van der Waals surface area contributed by atoms with E-state index in [4.69, 9.17) is 0 Å². The number of carbonyl (C=O) groups is 1. The second-order valence-electron chi connectivity index (χ2n) is 3.31. The van der Waals surface area contributed by atoms with Gasteiger partial charge in [0.25, 0.3) is 6.43 Å². The molecular weight excluding hydrogens is 261 g/mol. The first-order valence-corrected chi connectivity index (χ1v) is 4.66. The molecule has 0 bridgehead atoms. The minimum Gasteiger partial charge on any atom is -0.469 e. The fraction of sp³-hybridized carbons (Fsp3) is 0.400. The third-order valence-corrected chi connectivity index (χ3v) is 2.11. The van der Waals surface area contributed by atoms with Crippen LogP contribution in [0.1, 0.15) is 23.2 Å². The zero-order valence-electron chi connectivity index (χ0n) is 9.09. The predicted octanol–water partition coefficient (Wildman–Crippen LogP) is 2.75. The predicted molar refractivity (Wildman–Crippen MR) is 49.9 cm³/mol. The average molecular weight is 269 g/mol. The molecule has 18 heavy (non-hydrogen) atoms. The summed E-state index contributed by atoms with van der Waals surface area (Å²) in [5.74, 6) is -0.857. The van der Waals surface area contributed by atoms with Crippen LogP contribution in [0, 0.1) is 0 Å². The molecule has 3 nitrogen and oxygen atoms in total. The number of esters is 1. The van der Waals surface area contributed by atoms with Crippen LogP contribution in [-0.4, -0.2) is 18.1 Å². The molecule has 0 aliphatic heterocycles. The maximum absolute atomic E-state index is 12.6. The standard InChI is InChI=1S/C10H8F5NO2/c1-18-8(17)3-7-6(9(11)12)2-5(4-16-7)10(13,14)15/h2,4,9H,3H2,1H3. The van der Waals surface area contributed by atoms with Crippen molar-refractivity contribution in [3.8, 4) is 0 Å². The zero-order chi connectivity index (χ0) is 13.9. The lowest BCUT2D eigenvalue weighted by Gasteiger charge is -2.11. The van der Waals surface area contributed by atoms with E-state index in [9.17, 15) is 26.7 Å². The van der Waals surface area contributed by atoms with E-state index in [1.807, 2.05) is 0 Å². The van der Waals surface area contributed by atoms with Crippen molar-refractivity contribution in [2.24, 2.45) is 0 Å². The summed E-state index contributed by atoms with van der Waals surface area (Å²) in [7, 11) is 1.04. The van der Waals surface area contributed by atoms with Crippen LogP contribution in [0.25, 0.3) is 0 Å². The van der Waals surface area contributed by atoms with Crippen molar-refractivity contribution in [3.05, 3.63) is 29.1 Å². The summed E-state index contributed by atoms with van der Waals surface area (Å²) < 4.78 is 66.4. The molecule has 1 aromatic heterocycles. The molecule has 0 saturated carbocycles. The maximum Gasteiger partial charge on any atom is 0.417 e. The van der Waals surface area contributed by atoms with E-state index in [1.54, 1.807) is 0 Å². The van der Waals surface area contributed by atoms with E-state index in [1.165, 1.54) is 0 Å². The second-order valence-corrected chi connectivity index (χ2v) is 3.31. The Morgan fingerprint density at radius 2 is 2.06 bits per heavy atom. The van der Waals surface area contributed by atoms with E-state index in [-0.39, 0.29) is 6.07 Å². The van der Waals surface area contributed by atoms with Gasteiger partial charge < -0.3 is 4.74 Å². The summed E-state index contributed by atoms with van der Waals surface area (Å²) >= 11 is 0. The van der Waals surface area contributed by atoms with E-state index >= 15 is 0 Å². The molecule has 0 radical (unpaired) electrons. The fourth-order valence-corrected chi connectivity index (χ4v) is 1.21. The second kappa shape index (κ2) is 5.28. The lowest BCUT2D eigenvalue weighted by atomic mass is 10.1. The number of rotatable bonds is 3. The van der Waals surface area contributed by atoms with Gasteiger partial charge in [-0.1, -0.05) is 0 Å². The molecule has 0 saturated heterocycles. The lowest BCUT2D eigenvalue weighted by molar-refractivity contribution is -0.139. The molecule has 100 valence electrons. The van der Waals surface area contributed by atoms with E-state index in [2.05, 4.69) is 9.72 Å². The van der Waals surface area contributed by atoms with Crippen LogP contribution in [0.15, 0.2) is 12.3 Å². The third-order valence-electron chi connectivity index (χ3n) is 2.11. The molecule has 8 heteroatoms. The molecule has 0 unspecified atom stereocenters.